The van der Waals surface area contributed by atoms with Crippen LogP contribution < -0.4 is 10.8 Å². The smallest absolute Gasteiger partial charge is 0.126 e. The molecular formula is C9H15N2OP. The second kappa shape index (κ2) is 5.18. The fourth-order valence-corrected chi connectivity index (χ4v) is 1.67. The van der Waals surface area contributed by atoms with Gasteiger partial charge in [0, 0.05) is 19.3 Å². The highest BCUT2D eigenvalue weighted by atomic mass is 31.2. The Kier molecular flexibility index (Phi) is 4.16. The van der Waals surface area contributed by atoms with Gasteiger partial charge in [0.25, 0.3) is 0 Å². The molecule has 1 aromatic carbocycles. The van der Waals surface area contributed by atoms with E-state index in [1.54, 1.807) is 7.11 Å². The predicted molar refractivity (Wildman–Crippen MR) is 57.8 cm³/mol. The molecule has 3 N–H and O–H groups in total. The molecule has 0 saturated heterocycles. The van der Waals surface area contributed by atoms with E-state index in [-0.39, 0.29) is 0 Å². The molecule has 1 aromatic rings. The highest BCUT2D eigenvalue weighted by Crippen LogP contribution is 2.33. The van der Waals surface area contributed by atoms with Gasteiger partial charge in [-0.05, 0) is 18.3 Å². The van der Waals surface area contributed by atoms with Crippen LogP contribution in [0.1, 0.15) is 5.56 Å². The largest absolute Gasteiger partial charge is 0.343 e. The van der Waals surface area contributed by atoms with Crippen molar-refractivity contribution in [1.29, 1.82) is 0 Å². The molecule has 72 valence electrons. The standard InChI is InChI=1S/C9H15N2OP/c1-12-13(2)11-9-6-4-3-5-8(9)7-10/h3-6,11H,7,10H2,1-2H3. The summed E-state index contributed by atoms with van der Waals surface area (Å²) in [5, 5.41) is 3.27. The number of anilines is 1. The van der Waals surface area contributed by atoms with Crippen LogP contribution in [-0.2, 0) is 11.1 Å². The van der Waals surface area contributed by atoms with Crippen LogP contribution in [0.25, 0.3) is 0 Å². The molecule has 0 amide bonds. The van der Waals surface area contributed by atoms with Crippen molar-refractivity contribution in [3.8, 4) is 0 Å². The molecule has 13 heavy (non-hydrogen) atoms. The van der Waals surface area contributed by atoms with Crippen LogP contribution >= 0.6 is 8.30 Å². The zero-order valence-corrected chi connectivity index (χ0v) is 8.84. The quantitative estimate of drug-likeness (QED) is 0.729. The summed E-state index contributed by atoms with van der Waals surface area (Å²) in [5.74, 6) is 0. The normalized spacial score (nSPS) is 12.5. The second-order valence-corrected chi connectivity index (χ2v) is 4.24. The van der Waals surface area contributed by atoms with Gasteiger partial charge < -0.3 is 15.3 Å². The zero-order chi connectivity index (χ0) is 9.68. The van der Waals surface area contributed by atoms with Gasteiger partial charge in [0.05, 0.1) is 0 Å². The first-order valence-corrected chi connectivity index (χ1v) is 5.81. The van der Waals surface area contributed by atoms with Crippen LogP contribution in [0.15, 0.2) is 24.3 Å². The van der Waals surface area contributed by atoms with Crippen LogP contribution in [0.3, 0.4) is 0 Å². The molecular weight excluding hydrogens is 183 g/mol. The molecule has 0 spiro atoms. The van der Waals surface area contributed by atoms with E-state index in [0.29, 0.717) is 6.54 Å². The molecule has 1 rings (SSSR count). The maximum Gasteiger partial charge on any atom is 0.126 e. The number of nitrogens with two attached hydrogens (primary N) is 1. The topological polar surface area (TPSA) is 47.3 Å². The third-order valence-corrected chi connectivity index (χ3v) is 2.89. The maximum atomic E-state index is 5.59. The minimum Gasteiger partial charge on any atom is -0.343 e. The first-order chi connectivity index (χ1) is 6.27. The summed E-state index contributed by atoms with van der Waals surface area (Å²) in [7, 11) is 1.12. The number of para-hydroxylation sites is 1. The number of rotatable bonds is 4. The summed E-state index contributed by atoms with van der Waals surface area (Å²) in [6, 6.07) is 8.00. The summed E-state index contributed by atoms with van der Waals surface area (Å²) >= 11 is 0. The average Bonchev–Trinajstić information content (AvgIpc) is 2.18. The Morgan fingerprint density at radius 2 is 2.15 bits per heavy atom. The molecule has 0 radical (unpaired) electrons. The lowest BCUT2D eigenvalue weighted by molar-refractivity contribution is 0.468. The second-order valence-electron chi connectivity index (χ2n) is 2.65. The third-order valence-electron chi connectivity index (χ3n) is 1.79. The maximum absolute atomic E-state index is 5.59. The summed E-state index contributed by atoms with van der Waals surface area (Å²) in [5.41, 5.74) is 7.78. The molecule has 0 aliphatic rings. The third kappa shape index (κ3) is 2.96. The van der Waals surface area contributed by atoms with E-state index in [1.807, 2.05) is 30.9 Å². The van der Waals surface area contributed by atoms with E-state index >= 15 is 0 Å². The molecule has 0 saturated carbocycles. The SMILES string of the molecule is COP(C)Nc1ccccc1CN. The fraction of sp³-hybridized carbons (Fsp3) is 0.333. The van der Waals surface area contributed by atoms with Crippen LogP contribution in [-0.4, -0.2) is 13.8 Å². The molecule has 3 nitrogen and oxygen atoms in total. The highest BCUT2D eigenvalue weighted by Gasteiger charge is 2.02. The van der Waals surface area contributed by atoms with Crippen molar-refractivity contribution in [2.24, 2.45) is 5.73 Å². The lowest BCUT2D eigenvalue weighted by Crippen LogP contribution is -2.01. The number of nitrogens with one attached hydrogen (secondary N) is 1. The van der Waals surface area contributed by atoms with Gasteiger partial charge in [-0.3, -0.25) is 0 Å². The molecule has 1 unspecified atom stereocenters. The fourth-order valence-electron chi connectivity index (χ4n) is 1.02. The molecule has 1 atom stereocenters. The van der Waals surface area contributed by atoms with E-state index in [4.69, 9.17) is 10.3 Å². The van der Waals surface area contributed by atoms with Crippen molar-refractivity contribution in [3.63, 3.8) is 0 Å². The van der Waals surface area contributed by atoms with E-state index in [0.717, 1.165) is 11.3 Å². The van der Waals surface area contributed by atoms with Gasteiger partial charge in [-0.2, -0.15) is 0 Å². The Labute approximate surface area is 80.2 Å². The minimum atomic E-state index is -0.582. The number of hydrogen-bond acceptors (Lipinski definition) is 3. The van der Waals surface area contributed by atoms with Gasteiger partial charge >= 0.3 is 0 Å². The molecule has 4 heteroatoms. The van der Waals surface area contributed by atoms with Crippen LogP contribution in [0.5, 0.6) is 0 Å². The number of benzene rings is 1. The van der Waals surface area contributed by atoms with E-state index in [2.05, 4.69) is 5.09 Å². The molecule has 0 fully saturated rings. The highest BCUT2D eigenvalue weighted by molar-refractivity contribution is 7.53. The van der Waals surface area contributed by atoms with Gasteiger partial charge in [-0.1, -0.05) is 18.2 Å². The van der Waals surface area contributed by atoms with Crippen molar-refractivity contribution in [2.45, 2.75) is 6.54 Å². The average molecular weight is 198 g/mol. The van der Waals surface area contributed by atoms with Gasteiger partial charge in [-0.15, -0.1) is 0 Å². The van der Waals surface area contributed by atoms with E-state index < -0.39 is 8.30 Å². The van der Waals surface area contributed by atoms with Crippen LogP contribution in [0, 0.1) is 0 Å². The predicted octanol–water partition coefficient (Wildman–Crippen LogP) is 2.15. The van der Waals surface area contributed by atoms with E-state index in [1.165, 1.54) is 0 Å². The van der Waals surface area contributed by atoms with Gasteiger partial charge in [0.1, 0.15) is 8.30 Å². The summed E-state index contributed by atoms with van der Waals surface area (Å²) < 4.78 is 5.17. The summed E-state index contributed by atoms with van der Waals surface area (Å²) in [6.45, 7) is 2.57. The van der Waals surface area contributed by atoms with Crippen LogP contribution in [0.4, 0.5) is 5.69 Å². The van der Waals surface area contributed by atoms with Crippen molar-refractivity contribution in [2.75, 3.05) is 18.9 Å². The summed E-state index contributed by atoms with van der Waals surface area (Å²) in [6.07, 6.45) is 0. The van der Waals surface area contributed by atoms with Crippen molar-refractivity contribution in [1.82, 2.24) is 0 Å². The van der Waals surface area contributed by atoms with Crippen molar-refractivity contribution < 1.29 is 4.52 Å². The number of hydrogen-bond donors (Lipinski definition) is 2. The van der Waals surface area contributed by atoms with Gasteiger partial charge in [0.15, 0.2) is 0 Å². The van der Waals surface area contributed by atoms with Crippen molar-refractivity contribution >= 4 is 14.0 Å². The lowest BCUT2D eigenvalue weighted by Gasteiger charge is -2.14. The summed E-state index contributed by atoms with van der Waals surface area (Å²) in [4.78, 5) is 0. The Morgan fingerprint density at radius 3 is 2.77 bits per heavy atom. The van der Waals surface area contributed by atoms with Gasteiger partial charge in [-0.25, -0.2) is 0 Å². The zero-order valence-electron chi connectivity index (χ0n) is 7.95. The Hall–Kier alpha value is -0.630. The van der Waals surface area contributed by atoms with Crippen LogP contribution in [0.2, 0.25) is 0 Å². The van der Waals surface area contributed by atoms with Crippen molar-refractivity contribution in [3.05, 3.63) is 29.8 Å². The molecule has 0 aliphatic carbocycles. The molecule has 0 aromatic heterocycles. The molecule has 0 bridgehead atoms. The Balaban J connectivity index is 2.74. The monoisotopic (exact) mass is 198 g/mol. The first kappa shape index (κ1) is 10.5. The Bertz CT molecular complexity index is 268. The molecule has 0 heterocycles. The minimum absolute atomic E-state index is 0.552. The lowest BCUT2D eigenvalue weighted by atomic mass is 10.2. The Morgan fingerprint density at radius 1 is 1.46 bits per heavy atom. The van der Waals surface area contributed by atoms with E-state index in [9.17, 15) is 0 Å². The molecule has 0 aliphatic heterocycles. The van der Waals surface area contributed by atoms with Gasteiger partial charge in [0.2, 0.25) is 0 Å². The first-order valence-electron chi connectivity index (χ1n) is 4.10.